The van der Waals surface area contributed by atoms with Gasteiger partial charge in [-0.1, -0.05) is 30.7 Å². The van der Waals surface area contributed by atoms with Crippen LogP contribution in [0.2, 0.25) is 0 Å². The molecular weight excluding hydrogens is 332 g/mol. The molecule has 1 aromatic heterocycles. The summed E-state index contributed by atoms with van der Waals surface area (Å²) in [6.45, 7) is 4.51. The molecule has 0 saturated carbocycles. The fourth-order valence-corrected chi connectivity index (χ4v) is 3.86. The van der Waals surface area contributed by atoms with E-state index in [1.54, 1.807) is 5.38 Å². The Morgan fingerprint density at radius 3 is 2.60 bits per heavy atom. The largest absolute Gasteiger partial charge is 0.347 e. The maximum Gasteiger partial charge on any atom is 0.271 e. The number of hydrogen-bond acceptors (Lipinski definition) is 5. The number of aromatic nitrogens is 1. The fraction of sp³-hybridized carbons (Fsp3) is 0.474. The number of nitrogens with two attached hydrogens (primary N) is 1. The van der Waals surface area contributed by atoms with Gasteiger partial charge in [-0.05, 0) is 43.6 Å². The number of carbonyl (C=O) groups is 1. The van der Waals surface area contributed by atoms with Crippen molar-refractivity contribution < 1.29 is 4.79 Å². The number of amides is 1. The van der Waals surface area contributed by atoms with Gasteiger partial charge in [-0.15, -0.1) is 11.3 Å². The second-order valence-electron chi connectivity index (χ2n) is 6.50. The van der Waals surface area contributed by atoms with E-state index < -0.39 is 0 Å². The molecule has 0 radical (unpaired) electrons. The summed E-state index contributed by atoms with van der Waals surface area (Å²) >= 11 is 1.49. The number of rotatable bonds is 7. The maximum absolute atomic E-state index is 12.2. The Morgan fingerprint density at radius 2 is 1.88 bits per heavy atom. The first-order valence-corrected chi connectivity index (χ1v) is 9.85. The van der Waals surface area contributed by atoms with Crippen molar-refractivity contribution in [3.05, 3.63) is 51.5 Å². The topological polar surface area (TPSA) is 71.2 Å². The molecule has 1 aliphatic rings. The number of nitrogens with zero attached hydrogens (tertiary/aromatic N) is 2. The van der Waals surface area contributed by atoms with Gasteiger partial charge < -0.3 is 11.1 Å². The Labute approximate surface area is 153 Å². The Hall–Kier alpha value is -1.76. The number of nitrogens with one attached hydrogen (secondary N) is 1. The molecule has 25 heavy (non-hydrogen) atoms. The van der Waals surface area contributed by atoms with Crippen LogP contribution in [0.4, 0.5) is 0 Å². The van der Waals surface area contributed by atoms with Crippen molar-refractivity contribution >= 4 is 17.2 Å². The van der Waals surface area contributed by atoms with Crippen molar-refractivity contribution in [2.75, 3.05) is 19.6 Å². The number of piperidine rings is 1. The molecule has 1 saturated heterocycles. The van der Waals surface area contributed by atoms with E-state index in [-0.39, 0.29) is 5.91 Å². The first-order chi connectivity index (χ1) is 12.2. The van der Waals surface area contributed by atoms with Gasteiger partial charge in [0.2, 0.25) is 0 Å². The number of hydrogen-bond donors (Lipinski definition) is 2. The van der Waals surface area contributed by atoms with Crippen LogP contribution < -0.4 is 11.1 Å². The van der Waals surface area contributed by atoms with Gasteiger partial charge in [0.25, 0.3) is 5.91 Å². The van der Waals surface area contributed by atoms with Crippen LogP contribution in [-0.2, 0) is 19.5 Å². The molecule has 1 aromatic carbocycles. The molecule has 0 atom stereocenters. The summed E-state index contributed by atoms with van der Waals surface area (Å²) in [5.41, 5.74) is 8.44. The second-order valence-corrected chi connectivity index (χ2v) is 7.44. The number of thiazole rings is 1. The lowest BCUT2D eigenvalue weighted by Crippen LogP contribution is -2.29. The van der Waals surface area contributed by atoms with Crippen molar-refractivity contribution in [1.29, 1.82) is 0 Å². The minimum Gasteiger partial charge on any atom is -0.347 e. The van der Waals surface area contributed by atoms with Gasteiger partial charge in [-0.3, -0.25) is 9.69 Å². The van der Waals surface area contributed by atoms with Crippen molar-refractivity contribution in [3.63, 3.8) is 0 Å². The SMILES string of the molecule is NCCc1nc(C(=O)NCc2ccc(CN3CCCCC3)cc2)cs1. The summed E-state index contributed by atoms with van der Waals surface area (Å²) in [6.07, 6.45) is 4.71. The van der Waals surface area contributed by atoms with Crippen molar-refractivity contribution in [3.8, 4) is 0 Å². The van der Waals surface area contributed by atoms with Crippen LogP contribution in [0.3, 0.4) is 0 Å². The van der Waals surface area contributed by atoms with Gasteiger partial charge in [-0.25, -0.2) is 4.98 Å². The highest BCUT2D eigenvalue weighted by atomic mass is 32.1. The van der Waals surface area contributed by atoms with E-state index in [1.165, 1.54) is 49.3 Å². The van der Waals surface area contributed by atoms with E-state index in [0.717, 1.165) is 23.5 Å². The molecule has 2 aromatic rings. The summed E-state index contributed by atoms with van der Waals surface area (Å²) in [5.74, 6) is -0.128. The van der Waals surface area contributed by atoms with Crippen LogP contribution in [0.25, 0.3) is 0 Å². The Bertz CT molecular complexity index is 677. The zero-order valence-electron chi connectivity index (χ0n) is 14.5. The zero-order chi connectivity index (χ0) is 17.5. The smallest absolute Gasteiger partial charge is 0.271 e. The normalized spacial score (nSPS) is 15.2. The molecule has 0 unspecified atom stereocenters. The van der Waals surface area contributed by atoms with Gasteiger partial charge in [0.1, 0.15) is 5.69 Å². The molecule has 1 amide bonds. The molecular formula is C19H26N4OS. The average molecular weight is 359 g/mol. The lowest BCUT2D eigenvalue weighted by molar-refractivity contribution is 0.0946. The van der Waals surface area contributed by atoms with Crippen LogP contribution in [-0.4, -0.2) is 35.4 Å². The summed E-state index contributed by atoms with van der Waals surface area (Å²) in [6, 6.07) is 8.53. The summed E-state index contributed by atoms with van der Waals surface area (Å²) in [5, 5.41) is 5.64. The van der Waals surface area contributed by atoms with E-state index in [4.69, 9.17) is 5.73 Å². The quantitative estimate of drug-likeness (QED) is 0.798. The standard InChI is InChI=1S/C19H26N4OS/c20-9-8-18-22-17(14-25-18)19(24)21-12-15-4-6-16(7-5-15)13-23-10-2-1-3-11-23/h4-7,14H,1-3,8-13,20H2,(H,21,24). The molecule has 2 heterocycles. The predicted molar refractivity (Wildman–Crippen MR) is 102 cm³/mol. The monoisotopic (exact) mass is 358 g/mol. The summed E-state index contributed by atoms with van der Waals surface area (Å²) in [7, 11) is 0. The average Bonchev–Trinajstić information content (AvgIpc) is 3.11. The highest BCUT2D eigenvalue weighted by Crippen LogP contribution is 2.14. The number of carbonyl (C=O) groups excluding carboxylic acids is 1. The molecule has 1 fully saturated rings. The minimum absolute atomic E-state index is 0.128. The van der Waals surface area contributed by atoms with Crippen LogP contribution in [0.15, 0.2) is 29.6 Å². The third kappa shape index (κ3) is 5.36. The zero-order valence-corrected chi connectivity index (χ0v) is 15.4. The Morgan fingerprint density at radius 1 is 1.16 bits per heavy atom. The van der Waals surface area contributed by atoms with Gasteiger partial charge in [0.05, 0.1) is 5.01 Å². The van der Waals surface area contributed by atoms with Gasteiger partial charge >= 0.3 is 0 Å². The van der Waals surface area contributed by atoms with Crippen molar-refractivity contribution in [2.45, 2.75) is 38.8 Å². The summed E-state index contributed by atoms with van der Waals surface area (Å²) in [4.78, 5) is 19.0. The third-order valence-corrected chi connectivity index (χ3v) is 5.38. The molecule has 3 N–H and O–H groups in total. The molecule has 6 heteroatoms. The van der Waals surface area contributed by atoms with Crippen LogP contribution in [0.5, 0.6) is 0 Å². The van der Waals surface area contributed by atoms with E-state index >= 15 is 0 Å². The van der Waals surface area contributed by atoms with Crippen LogP contribution >= 0.6 is 11.3 Å². The van der Waals surface area contributed by atoms with Gasteiger partial charge in [0, 0.05) is 24.9 Å². The molecule has 134 valence electrons. The van der Waals surface area contributed by atoms with E-state index in [2.05, 4.69) is 39.5 Å². The molecule has 3 rings (SSSR count). The first kappa shape index (κ1) is 18.0. The minimum atomic E-state index is -0.128. The van der Waals surface area contributed by atoms with E-state index in [9.17, 15) is 4.79 Å². The predicted octanol–water partition coefficient (Wildman–Crippen LogP) is 2.56. The molecule has 0 bridgehead atoms. The van der Waals surface area contributed by atoms with Crippen molar-refractivity contribution in [1.82, 2.24) is 15.2 Å². The Kier molecular flexibility index (Phi) is 6.55. The lowest BCUT2D eigenvalue weighted by Gasteiger charge is -2.26. The molecule has 0 spiro atoms. The highest BCUT2D eigenvalue weighted by molar-refractivity contribution is 7.09. The van der Waals surface area contributed by atoms with Crippen LogP contribution in [0, 0.1) is 0 Å². The summed E-state index contributed by atoms with van der Waals surface area (Å²) < 4.78 is 0. The van der Waals surface area contributed by atoms with Gasteiger partial charge in [-0.2, -0.15) is 0 Å². The number of likely N-dealkylation sites (tertiary alicyclic amines) is 1. The molecule has 5 nitrogen and oxygen atoms in total. The van der Waals surface area contributed by atoms with E-state index in [1.807, 2.05) is 0 Å². The third-order valence-electron chi connectivity index (χ3n) is 4.47. The lowest BCUT2D eigenvalue weighted by atomic mass is 10.1. The number of benzene rings is 1. The first-order valence-electron chi connectivity index (χ1n) is 8.97. The van der Waals surface area contributed by atoms with Gasteiger partial charge in [0.15, 0.2) is 0 Å². The van der Waals surface area contributed by atoms with Crippen molar-refractivity contribution in [2.24, 2.45) is 5.73 Å². The molecule has 0 aliphatic carbocycles. The molecule has 1 aliphatic heterocycles. The fourth-order valence-electron chi connectivity index (χ4n) is 3.06. The van der Waals surface area contributed by atoms with E-state index in [0.29, 0.717) is 18.8 Å². The second kappa shape index (κ2) is 9.08. The Balaban J connectivity index is 1.48. The van der Waals surface area contributed by atoms with Crippen LogP contribution in [0.1, 0.15) is 45.9 Å². The highest BCUT2D eigenvalue weighted by Gasteiger charge is 2.11. The maximum atomic E-state index is 12.2.